The largest absolute Gasteiger partial charge is 0.514 e. The quantitative estimate of drug-likeness (QED) is 0.563. The maximum atomic E-state index is 11.9. The van der Waals surface area contributed by atoms with Gasteiger partial charge in [-0.1, -0.05) is 15.9 Å². The minimum absolute atomic E-state index is 0.152. The van der Waals surface area contributed by atoms with E-state index in [1.165, 1.54) is 0 Å². The van der Waals surface area contributed by atoms with E-state index < -0.39 is 23.5 Å². The number of hydrogen-bond donors (Lipinski definition) is 1. The standard InChI is InChI=1S/C16H22BrNO5/c1-15(2,3)22-13(19)18-11-8-7-10(17)9-12(11)21-14(20)23-16(4,5)6/h7-9H,1-6H3,(H,18,19). The first-order valence-electron chi connectivity index (χ1n) is 7.06. The monoisotopic (exact) mass is 387 g/mol. The van der Waals surface area contributed by atoms with Gasteiger partial charge in [0.05, 0.1) is 5.69 Å². The van der Waals surface area contributed by atoms with Gasteiger partial charge in [0.2, 0.25) is 0 Å². The molecule has 0 fully saturated rings. The number of amides is 1. The van der Waals surface area contributed by atoms with E-state index >= 15 is 0 Å². The molecule has 1 aromatic carbocycles. The Kier molecular flexibility index (Phi) is 6.04. The van der Waals surface area contributed by atoms with E-state index in [-0.39, 0.29) is 5.75 Å². The first-order valence-corrected chi connectivity index (χ1v) is 7.85. The predicted molar refractivity (Wildman–Crippen MR) is 90.9 cm³/mol. The fourth-order valence-corrected chi connectivity index (χ4v) is 1.80. The Labute approximate surface area is 144 Å². The van der Waals surface area contributed by atoms with Gasteiger partial charge in [-0.3, -0.25) is 5.32 Å². The highest BCUT2D eigenvalue weighted by Gasteiger charge is 2.21. The van der Waals surface area contributed by atoms with Crippen LogP contribution in [0.25, 0.3) is 0 Å². The van der Waals surface area contributed by atoms with Gasteiger partial charge in [0.15, 0.2) is 5.75 Å². The fourth-order valence-electron chi connectivity index (χ4n) is 1.46. The minimum Gasteiger partial charge on any atom is -0.444 e. The molecular weight excluding hydrogens is 366 g/mol. The van der Waals surface area contributed by atoms with Crippen LogP contribution in [0.5, 0.6) is 5.75 Å². The highest BCUT2D eigenvalue weighted by Crippen LogP contribution is 2.29. The predicted octanol–water partition coefficient (Wildman–Crippen LogP) is 5.11. The van der Waals surface area contributed by atoms with Crippen LogP contribution >= 0.6 is 15.9 Å². The van der Waals surface area contributed by atoms with Crippen LogP contribution in [-0.2, 0) is 9.47 Å². The minimum atomic E-state index is -0.858. The molecule has 0 bridgehead atoms. The Balaban J connectivity index is 2.89. The Morgan fingerprint density at radius 2 is 1.57 bits per heavy atom. The maximum Gasteiger partial charge on any atom is 0.514 e. The summed E-state index contributed by atoms with van der Waals surface area (Å²) >= 11 is 3.29. The summed E-state index contributed by atoms with van der Waals surface area (Å²) in [5.41, 5.74) is -1.01. The van der Waals surface area contributed by atoms with Crippen molar-refractivity contribution in [1.82, 2.24) is 0 Å². The number of ether oxygens (including phenoxy) is 3. The van der Waals surface area contributed by atoms with Crippen LogP contribution in [0, 0.1) is 0 Å². The Hall–Kier alpha value is -1.76. The van der Waals surface area contributed by atoms with Gasteiger partial charge in [0.1, 0.15) is 11.2 Å². The third-order valence-electron chi connectivity index (χ3n) is 2.16. The molecular formula is C16H22BrNO5. The highest BCUT2D eigenvalue weighted by atomic mass is 79.9. The van der Waals surface area contributed by atoms with E-state index in [2.05, 4.69) is 21.2 Å². The number of carbonyl (C=O) groups is 2. The lowest BCUT2D eigenvalue weighted by atomic mass is 10.2. The molecule has 0 aromatic heterocycles. The summed E-state index contributed by atoms with van der Waals surface area (Å²) in [4.78, 5) is 23.7. The van der Waals surface area contributed by atoms with Crippen LogP contribution in [0.3, 0.4) is 0 Å². The molecule has 0 heterocycles. The summed E-state index contributed by atoms with van der Waals surface area (Å²) in [6, 6.07) is 4.85. The van der Waals surface area contributed by atoms with Crippen molar-refractivity contribution in [3.8, 4) is 5.75 Å². The normalized spacial score (nSPS) is 11.6. The molecule has 1 amide bonds. The van der Waals surface area contributed by atoms with Crippen LogP contribution in [0.2, 0.25) is 0 Å². The second-order valence-corrected chi connectivity index (χ2v) is 7.75. The second-order valence-electron chi connectivity index (χ2n) is 6.83. The van der Waals surface area contributed by atoms with E-state index in [0.717, 1.165) is 0 Å². The summed E-state index contributed by atoms with van der Waals surface area (Å²) in [5.74, 6) is 0.152. The highest BCUT2D eigenvalue weighted by molar-refractivity contribution is 9.10. The van der Waals surface area contributed by atoms with Gasteiger partial charge < -0.3 is 14.2 Å². The van der Waals surface area contributed by atoms with Crippen LogP contribution < -0.4 is 10.1 Å². The third kappa shape index (κ3) is 7.88. The van der Waals surface area contributed by atoms with E-state index in [0.29, 0.717) is 10.2 Å². The molecule has 0 atom stereocenters. The fraction of sp³-hybridized carbons (Fsp3) is 0.500. The molecule has 6 nitrogen and oxygen atoms in total. The third-order valence-corrected chi connectivity index (χ3v) is 2.66. The second kappa shape index (κ2) is 7.21. The number of halogens is 1. The SMILES string of the molecule is CC(C)(C)OC(=O)Nc1ccc(Br)cc1OC(=O)OC(C)(C)C. The summed E-state index contributed by atoms with van der Waals surface area (Å²) in [5, 5.41) is 2.55. The van der Waals surface area contributed by atoms with Gasteiger partial charge in [0, 0.05) is 4.47 Å². The van der Waals surface area contributed by atoms with Gasteiger partial charge >= 0.3 is 12.2 Å². The van der Waals surface area contributed by atoms with E-state index in [9.17, 15) is 9.59 Å². The van der Waals surface area contributed by atoms with Gasteiger partial charge in [-0.2, -0.15) is 0 Å². The topological polar surface area (TPSA) is 73.9 Å². The van der Waals surface area contributed by atoms with Crippen molar-refractivity contribution in [2.45, 2.75) is 52.7 Å². The summed E-state index contributed by atoms with van der Waals surface area (Å²) < 4.78 is 16.1. The summed E-state index contributed by atoms with van der Waals surface area (Å²) in [7, 11) is 0. The zero-order valence-corrected chi connectivity index (χ0v) is 15.7. The van der Waals surface area contributed by atoms with Crippen molar-refractivity contribution >= 4 is 33.9 Å². The lowest BCUT2D eigenvalue weighted by Crippen LogP contribution is -2.28. The van der Waals surface area contributed by atoms with Crippen molar-refractivity contribution < 1.29 is 23.8 Å². The Morgan fingerprint density at radius 3 is 2.09 bits per heavy atom. The van der Waals surface area contributed by atoms with Crippen molar-refractivity contribution in [2.75, 3.05) is 5.32 Å². The molecule has 0 spiro atoms. The number of rotatable bonds is 2. The molecule has 128 valence electrons. The number of nitrogens with one attached hydrogen (secondary N) is 1. The molecule has 0 unspecified atom stereocenters. The van der Waals surface area contributed by atoms with Crippen LogP contribution in [0.4, 0.5) is 15.3 Å². The van der Waals surface area contributed by atoms with Crippen LogP contribution in [-0.4, -0.2) is 23.5 Å². The van der Waals surface area contributed by atoms with E-state index in [1.807, 2.05) is 0 Å². The molecule has 0 saturated carbocycles. The average Bonchev–Trinajstić information content (AvgIpc) is 2.27. The Bertz CT molecular complexity index is 587. The van der Waals surface area contributed by atoms with Crippen molar-refractivity contribution in [2.24, 2.45) is 0 Å². The lowest BCUT2D eigenvalue weighted by molar-refractivity contribution is 0.0206. The summed E-state index contributed by atoms with van der Waals surface area (Å²) in [6.45, 7) is 10.5. The maximum absolute atomic E-state index is 11.9. The average molecular weight is 388 g/mol. The van der Waals surface area contributed by atoms with E-state index in [4.69, 9.17) is 14.2 Å². The van der Waals surface area contributed by atoms with Crippen LogP contribution in [0.15, 0.2) is 22.7 Å². The Morgan fingerprint density at radius 1 is 1.00 bits per heavy atom. The zero-order valence-electron chi connectivity index (χ0n) is 14.2. The molecule has 0 aliphatic rings. The first kappa shape index (κ1) is 19.3. The van der Waals surface area contributed by atoms with Crippen molar-refractivity contribution in [3.63, 3.8) is 0 Å². The first-order chi connectivity index (χ1) is 10.4. The van der Waals surface area contributed by atoms with Crippen molar-refractivity contribution in [3.05, 3.63) is 22.7 Å². The van der Waals surface area contributed by atoms with E-state index in [1.54, 1.807) is 59.7 Å². The van der Waals surface area contributed by atoms with Gasteiger partial charge in [-0.15, -0.1) is 0 Å². The molecule has 1 aromatic rings. The zero-order chi connectivity index (χ0) is 17.8. The van der Waals surface area contributed by atoms with Crippen LogP contribution in [0.1, 0.15) is 41.5 Å². The molecule has 0 aliphatic carbocycles. The lowest BCUT2D eigenvalue weighted by Gasteiger charge is -2.21. The number of anilines is 1. The molecule has 0 aliphatic heterocycles. The molecule has 7 heteroatoms. The number of benzene rings is 1. The molecule has 1 rings (SSSR count). The smallest absolute Gasteiger partial charge is 0.444 e. The van der Waals surface area contributed by atoms with Gasteiger partial charge in [-0.05, 0) is 59.7 Å². The molecule has 0 saturated heterocycles. The van der Waals surface area contributed by atoms with Gasteiger partial charge in [-0.25, -0.2) is 9.59 Å². The summed E-state index contributed by atoms with van der Waals surface area (Å²) in [6.07, 6.45) is -1.50. The van der Waals surface area contributed by atoms with Gasteiger partial charge in [0.25, 0.3) is 0 Å². The molecule has 23 heavy (non-hydrogen) atoms. The number of carbonyl (C=O) groups excluding carboxylic acids is 2. The number of hydrogen-bond acceptors (Lipinski definition) is 5. The molecule has 1 N–H and O–H groups in total. The molecule has 0 radical (unpaired) electrons. The van der Waals surface area contributed by atoms with Crippen molar-refractivity contribution in [1.29, 1.82) is 0 Å².